The van der Waals surface area contributed by atoms with E-state index in [4.69, 9.17) is 10.5 Å². The number of rotatable bonds is 6. The number of nitrogens with zero attached hydrogens (tertiary/aromatic N) is 1. The first-order valence-electron chi connectivity index (χ1n) is 7.14. The van der Waals surface area contributed by atoms with Gasteiger partial charge in [0.25, 0.3) is 5.91 Å². The maximum absolute atomic E-state index is 12.2. The van der Waals surface area contributed by atoms with E-state index in [2.05, 4.69) is 12.2 Å². The Hall–Kier alpha value is -2.43. The van der Waals surface area contributed by atoms with Gasteiger partial charge in [0.15, 0.2) is 0 Å². The number of aryl methyl sites for hydroxylation is 1. The molecule has 0 unspecified atom stereocenters. The number of nitrogens with two attached hydrogens (primary N) is 1. The Morgan fingerprint density at radius 1 is 1.29 bits per heavy atom. The van der Waals surface area contributed by atoms with E-state index in [0.29, 0.717) is 24.5 Å². The first kappa shape index (κ1) is 15.0. The molecule has 1 amide bonds. The molecule has 2 aromatic rings. The molecule has 1 aromatic heterocycles. The molecular weight excluding hydrogens is 266 g/mol. The Morgan fingerprint density at radius 3 is 2.62 bits per heavy atom. The number of carbonyl (C=O) groups excluding carboxylic acids is 1. The number of benzene rings is 1. The van der Waals surface area contributed by atoms with E-state index in [9.17, 15) is 4.79 Å². The highest BCUT2D eigenvalue weighted by atomic mass is 16.5. The summed E-state index contributed by atoms with van der Waals surface area (Å²) < 4.78 is 7.33. The predicted octanol–water partition coefficient (Wildman–Crippen LogP) is 3.13. The zero-order valence-electron chi connectivity index (χ0n) is 12.4. The van der Waals surface area contributed by atoms with Crippen molar-refractivity contribution in [3.8, 4) is 5.75 Å². The molecule has 2 rings (SSSR count). The van der Waals surface area contributed by atoms with Gasteiger partial charge in [-0.05, 0) is 43.7 Å². The van der Waals surface area contributed by atoms with Gasteiger partial charge in [-0.3, -0.25) is 4.79 Å². The topological polar surface area (TPSA) is 69.3 Å². The highest BCUT2D eigenvalue weighted by Crippen LogP contribution is 2.18. The van der Waals surface area contributed by atoms with Gasteiger partial charge in [0, 0.05) is 18.4 Å². The Morgan fingerprint density at radius 2 is 2.00 bits per heavy atom. The first-order valence-corrected chi connectivity index (χ1v) is 7.14. The van der Waals surface area contributed by atoms with Crippen molar-refractivity contribution in [1.82, 2.24) is 4.57 Å². The Bertz CT molecular complexity index is 602. The predicted molar refractivity (Wildman–Crippen MR) is 84.7 cm³/mol. The van der Waals surface area contributed by atoms with Crippen LogP contribution in [0.5, 0.6) is 5.75 Å². The average molecular weight is 287 g/mol. The molecule has 0 saturated heterocycles. The van der Waals surface area contributed by atoms with Gasteiger partial charge < -0.3 is 20.4 Å². The first-order chi connectivity index (χ1) is 10.1. The Labute approximate surface area is 124 Å². The number of anilines is 2. The van der Waals surface area contributed by atoms with Crippen LogP contribution >= 0.6 is 0 Å². The highest BCUT2D eigenvalue weighted by molar-refractivity contribution is 6.03. The molecule has 112 valence electrons. The number of amides is 1. The van der Waals surface area contributed by atoms with Crippen molar-refractivity contribution in [3.63, 3.8) is 0 Å². The largest absolute Gasteiger partial charge is 0.494 e. The van der Waals surface area contributed by atoms with E-state index in [1.165, 1.54) is 0 Å². The molecule has 0 radical (unpaired) electrons. The summed E-state index contributed by atoms with van der Waals surface area (Å²) in [5.41, 5.74) is 7.61. The number of nitrogens with one attached hydrogen (secondary N) is 1. The third-order valence-corrected chi connectivity index (χ3v) is 3.08. The lowest BCUT2D eigenvalue weighted by Crippen LogP contribution is -2.16. The summed E-state index contributed by atoms with van der Waals surface area (Å²) in [5, 5.41) is 2.86. The molecule has 0 aliphatic carbocycles. The Kier molecular flexibility index (Phi) is 4.87. The summed E-state index contributed by atoms with van der Waals surface area (Å²) in [7, 11) is 0. The lowest BCUT2D eigenvalue weighted by Gasteiger charge is -2.09. The zero-order valence-corrected chi connectivity index (χ0v) is 12.4. The molecule has 0 saturated carbocycles. The molecule has 0 bridgehead atoms. The minimum Gasteiger partial charge on any atom is -0.494 e. The second kappa shape index (κ2) is 6.83. The molecule has 0 aliphatic rings. The van der Waals surface area contributed by atoms with Gasteiger partial charge in [-0.15, -0.1) is 0 Å². The van der Waals surface area contributed by atoms with Gasteiger partial charge in [0.1, 0.15) is 11.4 Å². The molecule has 1 heterocycles. The summed E-state index contributed by atoms with van der Waals surface area (Å²) in [6.45, 7) is 5.41. The van der Waals surface area contributed by atoms with Crippen LogP contribution < -0.4 is 15.8 Å². The van der Waals surface area contributed by atoms with E-state index in [1.807, 2.05) is 35.8 Å². The maximum Gasteiger partial charge on any atom is 0.272 e. The second-order valence-electron chi connectivity index (χ2n) is 4.77. The van der Waals surface area contributed by atoms with E-state index in [0.717, 1.165) is 17.9 Å². The van der Waals surface area contributed by atoms with Gasteiger partial charge in [0.05, 0.1) is 12.3 Å². The average Bonchev–Trinajstić information content (AvgIpc) is 2.88. The monoisotopic (exact) mass is 287 g/mol. The van der Waals surface area contributed by atoms with Gasteiger partial charge >= 0.3 is 0 Å². The smallest absolute Gasteiger partial charge is 0.272 e. The van der Waals surface area contributed by atoms with Crippen LogP contribution in [0.3, 0.4) is 0 Å². The number of aromatic nitrogens is 1. The van der Waals surface area contributed by atoms with Crippen LogP contribution in [0.25, 0.3) is 0 Å². The SMILES string of the molecule is CCCOc1ccc(NC(=O)c2cc(N)cn2CC)cc1. The molecule has 0 fully saturated rings. The van der Waals surface area contributed by atoms with Crippen molar-refractivity contribution in [2.24, 2.45) is 0 Å². The van der Waals surface area contributed by atoms with Crippen molar-refractivity contribution < 1.29 is 9.53 Å². The van der Waals surface area contributed by atoms with E-state index in [-0.39, 0.29) is 5.91 Å². The fraction of sp³-hybridized carbons (Fsp3) is 0.312. The van der Waals surface area contributed by atoms with Gasteiger partial charge in [-0.25, -0.2) is 0 Å². The third-order valence-electron chi connectivity index (χ3n) is 3.08. The number of nitrogen functional groups attached to an aromatic ring is 1. The maximum atomic E-state index is 12.2. The molecule has 0 spiro atoms. The Balaban J connectivity index is 2.05. The van der Waals surface area contributed by atoms with Crippen molar-refractivity contribution >= 4 is 17.3 Å². The quantitative estimate of drug-likeness (QED) is 0.857. The zero-order chi connectivity index (χ0) is 15.2. The minimum atomic E-state index is -0.171. The van der Waals surface area contributed by atoms with Crippen LogP contribution in [0.15, 0.2) is 36.5 Å². The number of ether oxygens (including phenoxy) is 1. The van der Waals surface area contributed by atoms with Crippen LogP contribution in [0, 0.1) is 0 Å². The summed E-state index contributed by atoms with van der Waals surface area (Å²) in [4.78, 5) is 12.2. The molecule has 0 atom stereocenters. The van der Waals surface area contributed by atoms with Crippen LogP contribution in [-0.2, 0) is 6.54 Å². The summed E-state index contributed by atoms with van der Waals surface area (Å²) in [6, 6.07) is 9.02. The number of carbonyl (C=O) groups is 1. The fourth-order valence-electron chi connectivity index (χ4n) is 2.03. The minimum absolute atomic E-state index is 0.171. The van der Waals surface area contributed by atoms with Crippen molar-refractivity contribution in [2.75, 3.05) is 17.7 Å². The number of hydrogen-bond acceptors (Lipinski definition) is 3. The van der Waals surface area contributed by atoms with E-state index >= 15 is 0 Å². The highest BCUT2D eigenvalue weighted by Gasteiger charge is 2.12. The standard InChI is InChI=1S/C16H21N3O2/c1-3-9-21-14-7-5-13(6-8-14)18-16(20)15-10-12(17)11-19(15)4-2/h5-8,10-11H,3-4,9,17H2,1-2H3,(H,18,20). The van der Waals surface area contributed by atoms with Crippen LogP contribution in [0.4, 0.5) is 11.4 Å². The lowest BCUT2D eigenvalue weighted by molar-refractivity contribution is 0.101. The summed E-state index contributed by atoms with van der Waals surface area (Å²) in [6.07, 6.45) is 2.73. The molecule has 5 heteroatoms. The normalized spacial score (nSPS) is 10.4. The second-order valence-corrected chi connectivity index (χ2v) is 4.77. The molecular formula is C16H21N3O2. The molecule has 0 aliphatic heterocycles. The molecule has 3 N–H and O–H groups in total. The number of hydrogen-bond donors (Lipinski definition) is 2. The van der Waals surface area contributed by atoms with Crippen LogP contribution in [0.2, 0.25) is 0 Å². The van der Waals surface area contributed by atoms with Gasteiger partial charge in [0.2, 0.25) is 0 Å². The van der Waals surface area contributed by atoms with Crippen molar-refractivity contribution in [2.45, 2.75) is 26.8 Å². The van der Waals surface area contributed by atoms with Crippen LogP contribution in [-0.4, -0.2) is 17.1 Å². The van der Waals surface area contributed by atoms with Gasteiger partial charge in [-0.2, -0.15) is 0 Å². The van der Waals surface area contributed by atoms with E-state index in [1.54, 1.807) is 12.3 Å². The lowest BCUT2D eigenvalue weighted by atomic mass is 10.3. The van der Waals surface area contributed by atoms with Crippen LogP contribution in [0.1, 0.15) is 30.8 Å². The van der Waals surface area contributed by atoms with Gasteiger partial charge in [-0.1, -0.05) is 6.92 Å². The van der Waals surface area contributed by atoms with E-state index < -0.39 is 0 Å². The molecule has 21 heavy (non-hydrogen) atoms. The van der Waals surface area contributed by atoms with Crippen molar-refractivity contribution in [3.05, 3.63) is 42.2 Å². The fourth-order valence-corrected chi connectivity index (χ4v) is 2.03. The van der Waals surface area contributed by atoms with Crippen molar-refractivity contribution in [1.29, 1.82) is 0 Å². The molecule has 5 nitrogen and oxygen atoms in total. The third kappa shape index (κ3) is 3.78. The summed E-state index contributed by atoms with van der Waals surface area (Å²) >= 11 is 0. The molecule has 1 aromatic carbocycles. The summed E-state index contributed by atoms with van der Waals surface area (Å²) in [5.74, 6) is 0.631.